The van der Waals surface area contributed by atoms with Gasteiger partial charge in [0.1, 0.15) is 11.7 Å². The number of carbonyl (C=O) groups excluding carboxylic acids is 1. The molecule has 8 atom stereocenters. The summed E-state index contributed by atoms with van der Waals surface area (Å²) >= 11 is 0. The molecule has 2 spiro atoms. The van der Waals surface area contributed by atoms with Gasteiger partial charge in [-0.25, -0.2) is 0 Å². The Morgan fingerprint density at radius 3 is 2.40 bits per heavy atom. The Hall–Kier alpha value is -0.690. The lowest BCUT2D eigenvalue weighted by molar-refractivity contribution is -0.296. The lowest BCUT2D eigenvalue weighted by atomic mass is 9.43. The molecule has 0 unspecified atom stereocenters. The van der Waals surface area contributed by atoms with Crippen LogP contribution in [0.4, 0.5) is 0 Å². The van der Waals surface area contributed by atoms with E-state index >= 15 is 0 Å². The van der Waals surface area contributed by atoms with Crippen LogP contribution in [0, 0.1) is 22.7 Å². The molecule has 0 amide bonds. The molecule has 0 bridgehead atoms. The van der Waals surface area contributed by atoms with E-state index < -0.39 is 11.9 Å². The average molecular weight is 425 g/mol. The van der Waals surface area contributed by atoms with Crippen LogP contribution in [0.3, 0.4) is 0 Å². The molecule has 0 N–H and O–H groups in total. The zero-order valence-electron chi connectivity index (χ0n) is 19.8. The molecule has 6 nitrogen and oxygen atoms in total. The molecule has 2 saturated carbocycles. The molecule has 2 aliphatic heterocycles. The zero-order chi connectivity index (χ0) is 21.9. The number of hydrogen-bond donors (Lipinski definition) is 0. The van der Waals surface area contributed by atoms with Crippen LogP contribution in [0.5, 0.6) is 0 Å². The smallest absolute Gasteiger partial charge is 0.302 e. The summed E-state index contributed by atoms with van der Waals surface area (Å²) in [7, 11) is 3.36. The van der Waals surface area contributed by atoms with Gasteiger partial charge in [-0.3, -0.25) is 4.79 Å². The first-order valence-corrected chi connectivity index (χ1v) is 11.6. The minimum absolute atomic E-state index is 0.0617. The number of methoxy groups -OCH3 is 2. The molecule has 0 aromatic heterocycles. The molecule has 4 aliphatic rings. The van der Waals surface area contributed by atoms with Crippen LogP contribution in [0.1, 0.15) is 79.6 Å². The first-order valence-electron chi connectivity index (χ1n) is 11.6. The van der Waals surface area contributed by atoms with Gasteiger partial charge in [0.15, 0.2) is 12.6 Å². The average Bonchev–Trinajstić information content (AvgIpc) is 3.21. The van der Waals surface area contributed by atoms with Crippen molar-refractivity contribution in [1.82, 2.24) is 0 Å². The van der Waals surface area contributed by atoms with Crippen LogP contribution in [0.2, 0.25) is 0 Å². The molecule has 2 aliphatic carbocycles. The third-order valence-corrected chi connectivity index (χ3v) is 9.08. The molecule has 30 heavy (non-hydrogen) atoms. The first kappa shape index (κ1) is 22.5. The number of rotatable bonds is 3. The van der Waals surface area contributed by atoms with Gasteiger partial charge in [0, 0.05) is 38.9 Å². The van der Waals surface area contributed by atoms with Crippen LogP contribution in [0.25, 0.3) is 0 Å². The maximum atomic E-state index is 12.0. The molecule has 0 aromatic rings. The highest BCUT2D eigenvalue weighted by atomic mass is 16.8. The summed E-state index contributed by atoms with van der Waals surface area (Å²) in [5, 5.41) is 0. The third kappa shape index (κ3) is 3.08. The predicted octanol–water partition coefficient (Wildman–Crippen LogP) is 4.44. The maximum absolute atomic E-state index is 12.0. The molecular weight excluding hydrogens is 384 g/mol. The van der Waals surface area contributed by atoms with E-state index in [1.807, 2.05) is 0 Å². The van der Waals surface area contributed by atoms with Crippen molar-refractivity contribution in [2.24, 2.45) is 22.7 Å². The Bertz CT molecular complexity index is 679. The van der Waals surface area contributed by atoms with Gasteiger partial charge in [-0.2, -0.15) is 0 Å². The van der Waals surface area contributed by atoms with Crippen molar-refractivity contribution >= 4 is 5.97 Å². The minimum atomic E-state index is -0.479. The van der Waals surface area contributed by atoms with Crippen molar-refractivity contribution in [3.63, 3.8) is 0 Å². The SMILES string of the molecule is CO[C@@H]1C[C@@]2(CC[C@@]3(O2)[C@H](C)C[C@@H](OC(C)=O)[C@H]2C(C)(C)CCC[C@@]23C)[C@H](OC)O1. The summed E-state index contributed by atoms with van der Waals surface area (Å²) in [6.45, 7) is 10.9. The van der Waals surface area contributed by atoms with Crippen molar-refractivity contribution in [2.75, 3.05) is 14.2 Å². The largest absolute Gasteiger partial charge is 0.462 e. The molecule has 172 valence electrons. The van der Waals surface area contributed by atoms with E-state index in [1.54, 1.807) is 14.2 Å². The normalized spacial score (nSPS) is 50.0. The topological polar surface area (TPSA) is 63.2 Å². The van der Waals surface area contributed by atoms with E-state index in [-0.39, 0.29) is 46.6 Å². The van der Waals surface area contributed by atoms with Gasteiger partial charge in [-0.1, -0.05) is 34.1 Å². The fourth-order valence-electron chi connectivity index (χ4n) is 8.06. The summed E-state index contributed by atoms with van der Waals surface area (Å²) in [5.74, 6) is 0.355. The van der Waals surface area contributed by atoms with Crippen LogP contribution >= 0.6 is 0 Å². The summed E-state index contributed by atoms with van der Waals surface area (Å²) in [6.07, 6.45) is 6.03. The molecule has 2 saturated heterocycles. The number of hydrogen-bond acceptors (Lipinski definition) is 6. The lowest BCUT2D eigenvalue weighted by Crippen LogP contribution is -2.67. The number of esters is 1. The molecule has 6 heteroatoms. The lowest BCUT2D eigenvalue weighted by Gasteiger charge is -2.65. The van der Waals surface area contributed by atoms with Gasteiger partial charge < -0.3 is 23.7 Å². The van der Waals surface area contributed by atoms with E-state index in [2.05, 4.69) is 27.7 Å². The van der Waals surface area contributed by atoms with Gasteiger partial charge in [-0.05, 0) is 43.4 Å². The third-order valence-electron chi connectivity index (χ3n) is 9.08. The number of carbonyl (C=O) groups is 1. The second-order valence-electron chi connectivity index (χ2n) is 11.2. The predicted molar refractivity (Wildman–Crippen MR) is 112 cm³/mol. The van der Waals surface area contributed by atoms with Gasteiger partial charge in [0.05, 0.1) is 5.60 Å². The van der Waals surface area contributed by atoms with Crippen molar-refractivity contribution in [3.05, 3.63) is 0 Å². The second-order valence-corrected chi connectivity index (χ2v) is 11.2. The fraction of sp³-hybridized carbons (Fsp3) is 0.958. The summed E-state index contributed by atoms with van der Waals surface area (Å²) < 4.78 is 30.5. The summed E-state index contributed by atoms with van der Waals surface area (Å²) in [4.78, 5) is 12.0. The van der Waals surface area contributed by atoms with Crippen LogP contribution < -0.4 is 0 Å². The standard InChI is InChI=1S/C24H40O6/c1-15-13-17(28-16(2)25)19-21(3,4)9-8-10-22(19,5)24(15)12-11-23(30-24)14-18(26-6)29-20(23)27-7/h15,17-20H,8-14H2,1-7H3/t15-,17-,18+,19+,20-,22+,23+,24-/m1/s1. The van der Waals surface area contributed by atoms with E-state index in [1.165, 1.54) is 13.3 Å². The highest BCUT2D eigenvalue weighted by Crippen LogP contribution is 2.69. The summed E-state index contributed by atoms with van der Waals surface area (Å²) in [6, 6.07) is 0. The highest BCUT2D eigenvalue weighted by Gasteiger charge is 2.72. The van der Waals surface area contributed by atoms with E-state index in [0.29, 0.717) is 6.42 Å². The maximum Gasteiger partial charge on any atom is 0.302 e. The van der Waals surface area contributed by atoms with E-state index in [9.17, 15) is 4.79 Å². The van der Waals surface area contributed by atoms with E-state index in [4.69, 9.17) is 23.7 Å². The molecular formula is C24H40O6. The van der Waals surface area contributed by atoms with Gasteiger partial charge in [-0.15, -0.1) is 0 Å². The Kier molecular flexibility index (Phi) is 5.57. The Morgan fingerprint density at radius 2 is 1.77 bits per heavy atom. The monoisotopic (exact) mass is 424 g/mol. The van der Waals surface area contributed by atoms with Crippen LogP contribution in [-0.2, 0) is 28.5 Å². The molecule has 2 heterocycles. The Balaban J connectivity index is 1.74. The second kappa shape index (κ2) is 7.43. The Labute approximate surface area is 181 Å². The van der Waals surface area contributed by atoms with Crippen molar-refractivity contribution in [3.8, 4) is 0 Å². The minimum Gasteiger partial charge on any atom is -0.462 e. The quantitative estimate of drug-likeness (QED) is 0.624. The number of ether oxygens (including phenoxy) is 5. The van der Waals surface area contributed by atoms with Crippen molar-refractivity contribution in [1.29, 1.82) is 0 Å². The molecule has 4 rings (SSSR count). The zero-order valence-corrected chi connectivity index (χ0v) is 19.8. The molecule has 0 aromatic carbocycles. The van der Waals surface area contributed by atoms with Crippen LogP contribution in [0.15, 0.2) is 0 Å². The van der Waals surface area contributed by atoms with Crippen molar-refractivity contribution in [2.45, 2.75) is 109 Å². The van der Waals surface area contributed by atoms with E-state index in [0.717, 1.165) is 32.1 Å². The summed E-state index contributed by atoms with van der Waals surface area (Å²) in [5.41, 5.74) is -0.761. The Morgan fingerprint density at radius 1 is 1.03 bits per heavy atom. The van der Waals surface area contributed by atoms with Gasteiger partial charge in [0.2, 0.25) is 0 Å². The number of fused-ring (bicyclic) bond motifs is 2. The molecule has 0 radical (unpaired) electrons. The van der Waals surface area contributed by atoms with Gasteiger partial charge >= 0.3 is 5.97 Å². The first-order chi connectivity index (χ1) is 14.0. The van der Waals surface area contributed by atoms with Crippen LogP contribution in [-0.4, -0.2) is 50.1 Å². The fourth-order valence-corrected chi connectivity index (χ4v) is 8.06. The highest BCUT2D eigenvalue weighted by molar-refractivity contribution is 5.66. The van der Waals surface area contributed by atoms with Gasteiger partial charge in [0.25, 0.3) is 0 Å². The molecule has 4 fully saturated rings. The van der Waals surface area contributed by atoms with Crippen molar-refractivity contribution < 1.29 is 28.5 Å².